The maximum atomic E-state index is 5.89. The van der Waals surface area contributed by atoms with Crippen LogP contribution >= 0.6 is 0 Å². The van der Waals surface area contributed by atoms with E-state index in [0.29, 0.717) is 12.7 Å². The smallest absolute Gasteiger partial charge is 0.0659 e. The largest absolute Gasteiger partial charge is 0.374 e. The van der Waals surface area contributed by atoms with Gasteiger partial charge in [0, 0.05) is 17.5 Å². The van der Waals surface area contributed by atoms with Crippen LogP contribution in [0.5, 0.6) is 0 Å². The molecule has 1 unspecified atom stereocenters. The fourth-order valence-corrected chi connectivity index (χ4v) is 2.31. The first-order valence-electron chi connectivity index (χ1n) is 5.77. The molecular formula is C13H25NO. The summed E-state index contributed by atoms with van der Waals surface area (Å²) in [4.78, 5) is 2.43. The van der Waals surface area contributed by atoms with E-state index >= 15 is 0 Å². The van der Waals surface area contributed by atoms with E-state index in [1.165, 1.54) is 0 Å². The van der Waals surface area contributed by atoms with E-state index in [-0.39, 0.29) is 11.0 Å². The van der Waals surface area contributed by atoms with Gasteiger partial charge >= 0.3 is 0 Å². The summed E-state index contributed by atoms with van der Waals surface area (Å²) in [6.07, 6.45) is 3.28. The van der Waals surface area contributed by atoms with Crippen molar-refractivity contribution >= 4 is 0 Å². The number of nitrogens with zero attached hydrogens (tertiary/aromatic N) is 1. The first-order chi connectivity index (χ1) is 6.84. The second kappa shape index (κ2) is 4.26. The van der Waals surface area contributed by atoms with Crippen molar-refractivity contribution in [2.24, 2.45) is 5.41 Å². The van der Waals surface area contributed by atoms with Gasteiger partial charge in [0.1, 0.15) is 0 Å². The van der Waals surface area contributed by atoms with Gasteiger partial charge in [-0.15, -0.1) is 6.58 Å². The molecule has 1 aliphatic rings. The van der Waals surface area contributed by atoms with Crippen LogP contribution in [-0.4, -0.2) is 36.7 Å². The molecule has 0 saturated carbocycles. The molecule has 0 amide bonds. The summed E-state index contributed by atoms with van der Waals surface area (Å²) in [5.41, 5.74) is 0.347. The quantitative estimate of drug-likeness (QED) is 0.666. The van der Waals surface area contributed by atoms with Crippen molar-refractivity contribution in [2.75, 3.05) is 20.2 Å². The molecule has 0 aromatic rings. The van der Waals surface area contributed by atoms with Gasteiger partial charge in [0.05, 0.1) is 12.7 Å². The third kappa shape index (κ3) is 2.11. The Morgan fingerprint density at radius 2 is 2.00 bits per heavy atom. The van der Waals surface area contributed by atoms with E-state index in [0.717, 1.165) is 13.0 Å². The molecule has 0 bridgehead atoms. The van der Waals surface area contributed by atoms with E-state index < -0.39 is 0 Å². The minimum atomic E-state index is 0.170. The Morgan fingerprint density at radius 3 is 2.53 bits per heavy atom. The van der Waals surface area contributed by atoms with E-state index in [1.807, 2.05) is 6.08 Å². The Labute approximate surface area is 94.3 Å². The SMILES string of the molecule is C=CCOC1CCN(C)C(C)(C)C1(C)C. The average molecular weight is 211 g/mol. The van der Waals surface area contributed by atoms with Crippen LogP contribution in [0.4, 0.5) is 0 Å². The minimum Gasteiger partial charge on any atom is -0.374 e. The summed E-state index contributed by atoms with van der Waals surface area (Å²) in [5.74, 6) is 0. The first-order valence-corrected chi connectivity index (χ1v) is 5.77. The second-order valence-corrected chi connectivity index (χ2v) is 5.60. The summed E-state index contributed by atoms with van der Waals surface area (Å²) in [6.45, 7) is 14.7. The molecule has 2 heteroatoms. The highest BCUT2D eigenvalue weighted by Crippen LogP contribution is 2.44. The molecule has 0 radical (unpaired) electrons. The molecule has 88 valence electrons. The molecular weight excluding hydrogens is 186 g/mol. The molecule has 1 rings (SSSR count). The van der Waals surface area contributed by atoms with Crippen LogP contribution in [0, 0.1) is 5.41 Å². The van der Waals surface area contributed by atoms with Crippen LogP contribution in [0.2, 0.25) is 0 Å². The molecule has 0 aromatic carbocycles. The normalized spacial score (nSPS) is 30.1. The Kier molecular flexibility index (Phi) is 3.62. The van der Waals surface area contributed by atoms with Gasteiger partial charge in [-0.05, 0) is 27.3 Å². The lowest BCUT2D eigenvalue weighted by Crippen LogP contribution is -2.62. The van der Waals surface area contributed by atoms with Gasteiger partial charge in [-0.3, -0.25) is 0 Å². The maximum Gasteiger partial charge on any atom is 0.0659 e. The predicted molar refractivity (Wildman–Crippen MR) is 65.0 cm³/mol. The number of piperidine rings is 1. The third-order valence-corrected chi connectivity index (χ3v) is 4.48. The second-order valence-electron chi connectivity index (χ2n) is 5.60. The first kappa shape index (κ1) is 12.7. The molecule has 1 atom stereocenters. The number of rotatable bonds is 3. The zero-order valence-electron chi connectivity index (χ0n) is 10.8. The molecule has 1 fully saturated rings. The summed E-state index contributed by atoms with van der Waals surface area (Å²) in [6, 6.07) is 0. The van der Waals surface area contributed by atoms with Crippen molar-refractivity contribution in [3.8, 4) is 0 Å². The Balaban J connectivity index is 2.80. The fraction of sp³-hybridized carbons (Fsp3) is 0.846. The lowest BCUT2D eigenvalue weighted by molar-refractivity contribution is -0.127. The average Bonchev–Trinajstić information content (AvgIpc) is 2.14. The van der Waals surface area contributed by atoms with Gasteiger partial charge in [0.15, 0.2) is 0 Å². The standard InChI is InChI=1S/C13H25NO/c1-7-10-15-11-8-9-14(6)13(4,5)12(11,2)3/h7,11H,1,8-10H2,2-6H3. The van der Waals surface area contributed by atoms with Crippen molar-refractivity contribution in [1.82, 2.24) is 4.90 Å². The zero-order chi connectivity index (χ0) is 11.7. The number of hydrogen-bond donors (Lipinski definition) is 0. The highest BCUT2D eigenvalue weighted by atomic mass is 16.5. The van der Waals surface area contributed by atoms with Crippen LogP contribution in [0.15, 0.2) is 12.7 Å². The van der Waals surface area contributed by atoms with Crippen LogP contribution in [0.25, 0.3) is 0 Å². The summed E-state index contributed by atoms with van der Waals surface area (Å²) in [5, 5.41) is 0. The monoisotopic (exact) mass is 211 g/mol. The molecule has 1 aliphatic heterocycles. The van der Waals surface area contributed by atoms with Gasteiger partial charge in [-0.25, -0.2) is 0 Å². The molecule has 0 aromatic heterocycles. The lowest BCUT2D eigenvalue weighted by atomic mass is 9.66. The maximum absolute atomic E-state index is 5.89. The molecule has 2 nitrogen and oxygen atoms in total. The van der Waals surface area contributed by atoms with Gasteiger partial charge in [0.2, 0.25) is 0 Å². The molecule has 15 heavy (non-hydrogen) atoms. The van der Waals surface area contributed by atoms with Crippen molar-refractivity contribution in [3.63, 3.8) is 0 Å². The van der Waals surface area contributed by atoms with Gasteiger partial charge < -0.3 is 9.64 Å². The predicted octanol–water partition coefficient (Wildman–Crippen LogP) is 2.70. The van der Waals surface area contributed by atoms with Crippen LogP contribution in [-0.2, 0) is 4.74 Å². The van der Waals surface area contributed by atoms with Crippen molar-refractivity contribution < 1.29 is 4.74 Å². The fourth-order valence-electron chi connectivity index (χ4n) is 2.31. The third-order valence-electron chi connectivity index (χ3n) is 4.48. The lowest BCUT2D eigenvalue weighted by Gasteiger charge is -2.55. The highest BCUT2D eigenvalue weighted by Gasteiger charge is 2.49. The van der Waals surface area contributed by atoms with Crippen molar-refractivity contribution in [1.29, 1.82) is 0 Å². The van der Waals surface area contributed by atoms with E-state index in [1.54, 1.807) is 0 Å². The van der Waals surface area contributed by atoms with Crippen molar-refractivity contribution in [2.45, 2.75) is 45.8 Å². The van der Waals surface area contributed by atoms with Crippen LogP contribution in [0.1, 0.15) is 34.1 Å². The molecule has 0 spiro atoms. The van der Waals surface area contributed by atoms with Crippen molar-refractivity contribution in [3.05, 3.63) is 12.7 Å². The topological polar surface area (TPSA) is 12.5 Å². The van der Waals surface area contributed by atoms with Gasteiger partial charge in [0.25, 0.3) is 0 Å². The number of ether oxygens (including phenoxy) is 1. The molecule has 0 N–H and O–H groups in total. The molecule has 1 saturated heterocycles. The van der Waals surface area contributed by atoms with Crippen LogP contribution < -0.4 is 0 Å². The van der Waals surface area contributed by atoms with Gasteiger partial charge in [-0.1, -0.05) is 19.9 Å². The highest BCUT2D eigenvalue weighted by molar-refractivity contribution is 5.02. The Bertz CT molecular complexity index is 233. The van der Waals surface area contributed by atoms with Crippen LogP contribution in [0.3, 0.4) is 0 Å². The van der Waals surface area contributed by atoms with E-state index in [2.05, 4.69) is 46.2 Å². The van der Waals surface area contributed by atoms with E-state index in [9.17, 15) is 0 Å². The van der Waals surface area contributed by atoms with E-state index in [4.69, 9.17) is 4.74 Å². The number of hydrogen-bond acceptors (Lipinski definition) is 2. The zero-order valence-corrected chi connectivity index (χ0v) is 10.8. The summed E-state index contributed by atoms with van der Waals surface area (Å²) in [7, 11) is 2.20. The summed E-state index contributed by atoms with van der Waals surface area (Å²) >= 11 is 0. The minimum absolute atomic E-state index is 0.170. The number of likely N-dealkylation sites (tertiary alicyclic amines) is 1. The molecule has 1 heterocycles. The molecule has 0 aliphatic carbocycles. The summed E-state index contributed by atoms with van der Waals surface area (Å²) < 4.78 is 5.89. The van der Waals surface area contributed by atoms with Gasteiger partial charge in [-0.2, -0.15) is 0 Å². The Morgan fingerprint density at radius 1 is 1.40 bits per heavy atom. The Hall–Kier alpha value is -0.340.